The van der Waals surface area contributed by atoms with Crippen LogP contribution in [0.25, 0.3) is 0 Å². The van der Waals surface area contributed by atoms with E-state index in [0.717, 1.165) is 0 Å². The van der Waals surface area contributed by atoms with Crippen molar-refractivity contribution in [1.82, 2.24) is 10.3 Å². The van der Waals surface area contributed by atoms with Gasteiger partial charge in [0.15, 0.2) is 0 Å². The molecule has 98 valence electrons. The van der Waals surface area contributed by atoms with E-state index in [4.69, 9.17) is 5.73 Å². The molecule has 2 aromatic rings. The van der Waals surface area contributed by atoms with E-state index in [2.05, 4.69) is 20.3 Å². The molecule has 0 radical (unpaired) electrons. The molecule has 2 rings (SSSR count). The first kappa shape index (κ1) is 12.5. The van der Waals surface area contributed by atoms with Gasteiger partial charge in [-0.2, -0.15) is 0 Å². The lowest BCUT2D eigenvalue weighted by molar-refractivity contribution is -0.384. The number of aryl methyl sites for hydroxylation is 1. The Kier molecular flexibility index (Phi) is 3.10. The number of aromatic nitrogens is 2. The molecule has 0 aliphatic heterocycles. The van der Waals surface area contributed by atoms with Gasteiger partial charge in [0, 0.05) is 12.1 Å². The number of nitro benzene ring substituents is 1. The van der Waals surface area contributed by atoms with Crippen LogP contribution >= 0.6 is 0 Å². The number of nitrogen functional groups attached to an aromatic ring is 1. The van der Waals surface area contributed by atoms with Crippen molar-refractivity contribution in [3.63, 3.8) is 0 Å². The van der Waals surface area contributed by atoms with Gasteiger partial charge in [0.25, 0.3) is 11.6 Å². The summed E-state index contributed by atoms with van der Waals surface area (Å²) in [6, 6.07) is 4.12. The van der Waals surface area contributed by atoms with Gasteiger partial charge in [0.05, 0.1) is 10.6 Å². The summed E-state index contributed by atoms with van der Waals surface area (Å²) in [5.74, 6) is -0.803. The molecule has 19 heavy (non-hydrogen) atoms. The number of nitrogens with zero attached hydrogens (tertiary/aromatic N) is 3. The molecule has 1 aromatic carbocycles. The second-order valence-corrected chi connectivity index (χ2v) is 3.71. The number of carbonyl (C=O) groups excluding carboxylic acids is 1. The zero-order chi connectivity index (χ0) is 14.0. The summed E-state index contributed by atoms with van der Waals surface area (Å²) in [6.45, 7) is 1.70. The first-order chi connectivity index (χ1) is 8.99. The van der Waals surface area contributed by atoms with Crippen molar-refractivity contribution >= 4 is 23.1 Å². The fourth-order valence-electron chi connectivity index (χ4n) is 1.39. The lowest BCUT2D eigenvalue weighted by atomic mass is 10.2. The SMILES string of the molecule is Cc1ccc([N+](=O)[O-])cc1NC(=O)c1nonc1N. The second kappa shape index (κ2) is 4.72. The first-order valence-electron chi connectivity index (χ1n) is 5.13. The minimum absolute atomic E-state index is 0.132. The van der Waals surface area contributed by atoms with Crippen LogP contribution in [0.2, 0.25) is 0 Å². The van der Waals surface area contributed by atoms with E-state index in [-0.39, 0.29) is 17.2 Å². The number of nitro groups is 1. The predicted octanol–water partition coefficient (Wildman–Crippen LogP) is 1.12. The maximum atomic E-state index is 11.8. The van der Waals surface area contributed by atoms with Crippen molar-refractivity contribution < 1.29 is 14.3 Å². The van der Waals surface area contributed by atoms with Crippen LogP contribution < -0.4 is 11.1 Å². The maximum absolute atomic E-state index is 11.8. The first-order valence-corrected chi connectivity index (χ1v) is 5.13. The van der Waals surface area contributed by atoms with Crippen LogP contribution in [0.15, 0.2) is 22.8 Å². The van der Waals surface area contributed by atoms with Crippen LogP contribution in [-0.2, 0) is 0 Å². The molecule has 1 aromatic heterocycles. The average Bonchev–Trinajstić information content (AvgIpc) is 2.78. The van der Waals surface area contributed by atoms with Crippen molar-refractivity contribution in [1.29, 1.82) is 0 Å². The highest BCUT2D eigenvalue weighted by molar-refractivity contribution is 6.05. The summed E-state index contributed by atoms with van der Waals surface area (Å²) in [7, 11) is 0. The molecule has 0 aliphatic rings. The number of non-ortho nitro benzene ring substituents is 1. The van der Waals surface area contributed by atoms with Gasteiger partial charge in [0.1, 0.15) is 0 Å². The zero-order valence-electron chi connectivity index (χ0n) is 9.78. The summed E-state index contributed by atoms with van der Waals surface area (Å²) in [6.07, 6.45) is 0. The van der Waals surface area contributed by atoms with Crippen LogP contribution in [0.4, 0.5) is 17.2 Å². The monoisotopic (exact) mass is 263 g/mol. The number of hydrogen-bond acceptors (Lipinski definition) is 7. The number of hydrogen-bond donors (Lipinski definition) is 2. The molecule has 0 bridgehead atoms. The summed E-state index contributed by atoms with van der Waals surface area (Å²) in [4.78, 5) is 21.9. The second-order valence-electron chi connectivity index (χ2n) is 3.71. The topological polar surface area (TPSA) is 137 Å². The Hall–Kier alpha value is -2.97. The molecule has 9 nitrogen and oxygen atoms in total. The van der Waals surface area contributed by atoms with Gasteiger partial charge in [-0.15, -0.1) is 0 Å². The van der Waals surface area contributed by atoms with Crippen LogP contribution in [0.1, 0.15) is 16.1 Å². The number of carbonyl (C=O) groups is 1. The van der Waals surface area contributed by atoms with Crippen molar-refractivity contribution in [3.05, 3.63) is 39.6 Å². The van der Waals surface area contributed by atoms with Crippen molar-refractivity contribution in [3.8, 4) is 0 Å². The third-order valence-electron chi connectivity index (χ3n) is 2.41. The van der Waals surface area contributed by atoms with E-state index in [1.807, 2.05) is 0 Å². The van der Waals surface area contributed by atoms with Crippen LogP contribution in [0.3, 0.4) is 0 Å². The summed E-state index contributed by atoms with van der Waals surface area (Å²) in [5, 5.41) is 19.7. The number of nitrogens with two attached hydrogens (primary N) is 1. The number of benzene rings is 1. The standard InChI is InChI=1S/C10H9N5O4/c1-5-2-3-6(15(17)18)4-7(5)12-10(16)8-9(11)14-19-13-8/h2-4H,1H3,(H2,11,14)(H,12,16). The number of anilines is 2. The van der Waals surface area contributed by atoms with Crippen molar-refractivity contribution in [2.24, 2.45) is 0 Å². The Morgan fingerprint density at radius 2 is 2.21 bits per heavy atom. The molecule has 1 amide bonds. The highest BCUT2D eigenvalue weighted by atomic mass is 16.6. The summed E-state index contributed by atoms with van der Waals surface area (Å²) in [5.41, 5.74) is 6.02. The van der Waals surface area contributed by atoms with Gasteiger partial charge in [-0.05, 0) is 22.8 Å². The van der Waals surface area contributed by atoms with Crippen LogP contribution in [0.5, 0.6) is 0 Å². The molecule has 0 saturated heterocycles. The molecule has 0 unspecified atom stereocenters. The molecule has 1 heterocycles. The smallest absolute Gasteiger partial charge is 0.281 e. The lowest BCUT2D eigenvalue weighted by Crippen LogP contribution is -2.15. The van der Waals surface area contributed by atoms with Crippen LogP contribution in [-0.4, -0.2) is 21.1 Å². The Morgan fingerprint density at radius 3 is 2.79 bits per heavy atom. The highest BCUT2D eigenvalue weighted by Gasteiger charge is 2.18. The largest absolute Gasteiger partial charge is 0.379 e. The van der Waals surface area contributed by atoms with Crippen molar-refractivity contribution in [2.45, 2.75) is 6.92 Å². The Balaban J connectivity index is 2.28. The zero-order valence-corrected chi connectivity index (χ0v) is 9.78. The Morgan fingerprint density at radius 1 is 1.47 bits per heavy atom. The fraction of sp³-hybridized carbons (Fsp3) is 0.100. The van der Waals surface area contributed by atoms with E-state index in [1.54, 1.807) is 6.92 Å². The molecular weight excluding hydrogens is 254 g/mol. The third-order valence-corrected chi connectivity index (χ3v) is 2.41. The predicted molar refractivity (Wildman–Crippen MR) is 64.5 cm³/mol. The minimum Gasteiger partial charge on any atom is -0.379 e. The third kappa shape index (κ3) is 2.49. The van der Waals surface area contributed by atoms with E-state index < -0.39 is 10.8 Å². The van der Waals surface area contributed by atoms with Gasteiger partial charge in [-0.25, -0.2) is 4.63 Å². The lowest BCUT2D eigenvalue weighted by Gasteiger charge is -2.06. The molecule has 3 N–H and O–H groups in total. The fourth-order valence-corrected chi connectivity index (χ4v) is 1.39. The van der Waals surface area contributed by atoms with Gasteiger partial charge in [-0.3, -0.25) is 14.9 Å². The maximum Gasteiger partial charge on any atom is 0.281 e. The van der Waals surface area contributed by atoms with E-state index in [9.17, 15) is 14.9 Å². The number of amides is 1. The number of rotatable bonds is 3. The highest BCUT2D eigenvalue weighted by Crippen LogP contribution is 2.22. The summed E-state index contributed by atoms with van der Waals surface area (Å²) >= 11 is 0. The summed E-state index contributed by atoms with van der Waals surface area (Å²) < 4.78 is 4.30. The van der Waals surface area contributed by atoms with E-state index >= 15 is 0 Å². The molecule has 0 aliphatic carbocycles. The van der Waals surface area contributed by atoms with E-state index in [0.29, 0.717) is 11.3 Å². The van der Waals surface area contributed by atoms with Gasteiger partial charge >= 0.3 is 0 Å². The Labute approximate surface area is 106 Å². The normalized spacial score (nSPS) is 10.2. The van der Waals surface area contributed by atoms with Crippen LogP contribution in [0, 0.1) is 17.0 Å². The average molecular weight is 263 g/mol. The van der Waals surface area contributed by atoms with Gasteiger partial charge < -0.3 is 11.1 Å². The molecule has 0 fully saturated rings. The molecule has 9 heteroatoms. The Bertz CT molecular complexity index is 651. The molecule has 0 atom stereocenters. The molecule has 0 saturated carbocycles. The van der Waals surface area contributed by atoms with Crippen molar-refractivity contribution in [2.75, 3.05) is 11.1 Å². The van der Waals surface area contributed by atoms with Gasteiger partial charge in [0.2, 0.25) is 11.5 Å². The quantitative estimate of drug-likeness (QED) is 0.625. The van der Waals surface area contributed by atoms with E-state index in [1.165, 1.54) is 18.2 Å². The molecule has 0 spiro atoms. The number of nitrogens with one attached hydrogen (secondary N) is 1. The minimum atomic E-state index is -0.651. The van der Waals surface area contributed by atoms with Gasteiger partial charge in [-0.1, -0.05) is 6.07 Å². The molecular formula is C10H9N5O4.